The standard InChI is InChI=1S/C17H27ClN2O3S/c1-11(2)14-10-20(17(3,4)5)13-8-12(18)15(23-7)9-16(13)24(21,22)19(14)6/h8-9,11,14H,10H2,1-7H3/t14-/m0/s1. The summed E-state index contributed by atoms with van der Waals surface area (Å²) < 4.78 is 33.1. The first-order valence-corrected chi connectivity index (χ1v) is 9.86. The van der Waals surface area contributed by atoms with E-state index >= 15 is 0 Å². The fraction of sp³-hybridized carbons (Fsp3) is 0.647. The van der Waals surface area contributed by atoms with Gasteiger partial charge in [-0.1, -0.05) is 25.4 Å². The highest BCUT2D eigenvalue weighted by atomic mass is 35.5. The summed E-state index contributed by atoms with van der Waals surface area (Å²) in [5, 5.41) is 0.409. The summed E-state index contributed by atoms with van der Waals surface area (Å²) in [4.78, 5) is 2.36. The smallest absolute Gasteiger partial charge is 0.245 e. The Morgan fingerprint density at radius 2 is 1.88 bits per heavy atom. The third-order valence-electron chi connectivity index (χ3n) is 4.60. The Hall–Kier alpha value is -0.980. The Labute approximate surface area is 150 Å². The van der Waals surface area contributed by atoms with E-state index in [-0.39, 0.29) is 22.4 Å². The van der Waals surface area contributed by atoms with Crippen molar-refractivity contribution in [2.45, 2.75) is 51.1 Å². The number of benzene rings is 1. The van der Waals surface area contributed by atoms with Crippen LogP contribution < -0.4 is 9.64 Å². The quantitative estimate of drug-likeness (QED) is 0.793. The summed E-state index contributed by atoms with van der Waals surface area (Å²) in [6.07, 6.45) is 0. The summed E-state index contributed by atoms with van der Waals surface area (Å²) >= 11 is 6.30. The number of methoxy groups -OCH3 is 1. The van der Waals surface area contributed by atoms with Crippen LogP contribution in [0.1, 0.15) is 34.6 Å². The van der Waals surface area contributed by atoms with Crippen molar-refractivity contribution in [3.05, 3.63) is 17.2 Å². The highest BCUT2D eigenvalue weighted by Gasteiger charge is 2.41. The second kappa shape index (κ2) is 6.39. The highest BCUT2D eigenvalue weighted by molar-refractivity contribution is 7.89. The molecule has 136 valence electrons. The van der Waals surface area contributed by atoms with Gasteiger partial charge >= 0.3 is 0 Å². The van der Waals surface area contributed by atoms with Crippen molar-refractivity contribution in [3.8, 4) is 5.75 Å². The second-order valence-electron chi connectivity index (χ2n) is 7.57. The van der Waals surface area contributed by atoms with Gasteiger partial charge in [-0.05, 0) is 32.8 Å². The van der Waals surface area contributed by atoms with Crippen LogP contribution in [0.2, 0.25) is 5.02 Å². The molecule has 0 unspecified atom stereocenters. The Kier molecular flexibility index (Phi) is 5.15. The van der Waals surface area contributed by atoms with Gasteiger partial charge in [-0.2, -0.15) is 4.31 Å². The molecule has 1 aliphatic rings. The molecule has 0 amide bonds. The summed E-state index contributed by atoms with van der Waals surface area (Å²) in [7, 11) is -0.506. The van der Waals surface area contributed by atoms with Crippen molar-refractivity contribution < 1.29 is 13.2 Å². The van der Waals surface area contributed by atoms with Gasteiger partial charge in [0.25, 0.3) is 0 Å². The predicted octanol–water partition coefficient (Wildman–Crippen LogP) is 3.61. The summed E-state index contributed by atoms with van der Waals surface area (Å²) in [5.41, 5.74) is 0.379. The maximum atomic E-state index is 13.2. The molecule has 2 rings (SSSR count). The van der Waals surface area contributed by atoms with Gasteiger partial charge in [0.15, 0.2) is 0 Å². The maximum Gasteiger partial charge on any atom is 0.245 e. The monoisotopic (exact) mass is 374 g/mol. The number of anilines is 1. The van der Waals surface area contributed by atoms with Crippen molar-refractivity contribution in [1.82, 2.24) is 4.31 Å². The fourth-order valence-corrected chi connectivity index (χ4v) is 5.00. The van der Waals surface area contributed by atoms with E-state index in [2.05, 4.69) is 25.7 Å². The van der Waals surface area contributed by atoms with Gasteiger partial charge in [0.1, 0.15) is 10.6 Å². The summed E-state index contributed by atoms with van der Waals surface area (Å²) in [6.45, 7) is 10.9. The molecule has 7 heteroatoms. The van der Waals surface area contributed by atoms with Crippen molar-refractivity contribution in [2.75, 3.05) is 25.6 Å². The SMILES string of the molecule is COc1cc2c(cc1Cl)N(C(C)(C)C)C[C@@H](C(C)C)N(C)S2(=O)=O. The number of likely N-dealkylation sites (N-methyl/N-ethyl adjacent to an activating group) is 1. The van der Waals surface area contributed by atoms with Gasteiger partial charge in [-0.15, -0.1) is 0 Å². The lowest BCUT2D eigenvalue weighted by Crippen LogP contribution is -2.50. The van der Waals surface area contributed by atoms with E-state index in [9.17, 15) is 8.42 Å². The molecule has 0 saturated carbocycles. The van der Waals surface area contributed by atoms with Crippen LogP contribution in [0.3, 0.4) is 0 Å². The molecule has 0 aliphatic carbocycles. The lowest BCUT2D eigenvalue weighted by atomic mass is 9.98. The first-order chi connectivity index (χ1) is 10.9. The molecule has 1 aliphatic heterocycles. The van der Waals surface area contributed by atoms with Crippen LogP contribution in [-0.2, 0) is 10.0 Å². The Morgan fingerprint density at radius 3 is 2.33 bits per heavy atom. The predicted molar refractivity (Wildman–Crippen MR) is 98.7 cm³/mol. The number of sulfonamides is 1. The van der Waals surface area contributed by atoms with Gasteiger partial charge in [-0.25, -0.2) is 8.42 Å². The molecule has 24 heavy (non-hydrogen) atoms. The van der Waals surface area contributed by atoms with E-state index < -0.39 is 10.0 Å². The Bertz CT molecular complexity index is 726. The minimum Gasteiger partial charge on any atom is -0.495 e. The van der Waals surface area contributed by atoms with Gasteiger partial charge in [0.2, 0.25) is 10.0 Å². The topological polar surface area (TPSA) is 49.9 Å². The molecule has 0 N–H and O–H groups in total. The largest absolute Gasteiger partial charge is 0.495 e. The van der Waals surface area contributed by atoms with E-state index in [1.165, 1.54) is 17.5 Å². The third-order valence-corrected chi connectivity index (χ3v) is 6.80. The fourth-order valence-electron chi connectivity index (χ4n) is 3.10. The van der Waals surface area contributed by atoms with Crippen LogP contribution in [-0.4, -0.2) is 45.0 Å². The van der Waals surface area contributed by atoms with Gasteiger partial charge in [-0.3, -0.25) is 0 Å². The first kappa shape index (κ1) is 19.3. The molecule has 0 radical (unpaired) electrons. The van der Waals surface area contributed by atoms with E-state index in [0.717, 1.165) is 0 Å². The Balaban J connectivity index is 2.81. The third kappa shape index (κ3) is 3.24. The van der Waals surface area contributed by atoms with Crippen LogP contribution in [0, 0.1) is 5.92 Å². The van der Waals surface area contributed by atoms with Crippen LogP contribution >= 0.6 is 11.6 Å². The molecule has 0 aromatic heterocycles. The molecule has 1 aromatic carbocycles. The zero-order chi connectivity index (χ0) is 18.4. The van der Waals surface area contributed by atoms with Crippen LogP contribution in [0.15, 0.2) is 17.0 Å². The number of rotatable bonds is 2. The molecule has 1 heterocycles. The molecule has 0 spiro atoms. The number of hydrogen-bond acceptors (Lipinski definition) is 4. The average Bonchev–Trinajstić information content (AvgIpc) is 2.52. The van der Waals surface area contributed by atoms with Crippen molar-refractivity contribution in [1.29, 1.82) is 0 Å². The minimum absolute atomic E-state index is 0.133. The van der Waals surface area contributed by atoms with Crippen molar-refractivity contribution in [3.63, 3.8) is 0 Å². The summed E-state index contributed by atoms with van der Waals surface area (Å²) in [5.74, 6) is 0.547. The van der Waals surface area contributed by atoms with E-state index in [1.54, 1.807) is 13.1 Å². The zero-order valence-electron chi connectivity index (χ0n) is 15.4. The lowest BCUT2D eigenvalue weighted by molar-refractivity contribution is 0.287. The zero-order valence-corrected chi connectivity index (χ0v) is 17.0. The number of nitrogens with zero attached hydrogens (tertiary/aromatic N) is 2. The van der Waals surface area contributed by atoms with Crippen molar-refractivity contribution >= 4 is 27.3 Å². The normalized spacial score (nSPS) is 21.5. The molecule has 0 bridgehead atoms. The summed E-state index contributed by atoms with van der Waals surface area (Å²) in [6, 6.07) is 3.10. The molecule has 5 nitrogen and oxygen atoms in total. The maximum absolute atomic E-state index is 13.2. The van der Waals surface area contributed by atoms with Gasteiger partial charge in [0.05, 0.1) is 17.8 Å². The second-order valence-corrected chi connectivity index (χ2v) is 9.94. The average molecular weight is 375 g/mol. The van der Waals surface area contributed by atoms with Crippen LogP contribution in [0.25, 0.3) is 0 Å². The molecule has 0 saturated heterocycles. The first-order valence-electron chi connectivity index (χ1n) is 8.04. The van der Waals surface area contributed by atoms with Crippen LogP contribution in [0.4, 0.5) is 5.69 Å². The number of halogens is 1. The number of hydrogen-bond donors (Lipinski definition) is 0. The van der Waals surface area contributed by atoms with Gasteiger partial charge in [0, 0.05) is 31.2 Å². The van der Waals surface area contributed by atoms with E-state index in [1.807, 2.05) is 13.8 Å². The number of fused-ring (bicyclic) bond motifs is 1. The number of ether oxygens (including phenoxy) is 1. The van der Waals surface area contributed by atoms with Crippen LogP contribution in [0.5, 0.6) is 5.75 Å². The molecule has 1 aromatic rings. The van der Waals surface area contributed by atoms with Gasteiger partial charge < -0.3 is 9.64 Å². The van der Waals surface area contributed by atoms with Crippen molar-refractivity contribution in [2.24, 2.45) is 5.92 Å². The molecular formula is C17H27ClN2O3S. The molecular weight excluding hydrogens is 348 g/mol. The van der Waals surface area contributed by atoms with E-state index in [0.29, 0.717) is 23.0 Å². The highest BCUT2D eigenvalue weighted by Crippen LogP contribution is 2.42. The molecule has 1 atom stereocenters. The minimum atomic E-state index is -3.64. The molecule has 0 fully saturated rings. The van der Waals surface area contributed by atoms with E-state index in [4.69, 9.17) is 16.3 Å². The Morgan fingerprint density at radius 1 is 1.29 bits per heavy atom. The lowest BCUT2D eigenvalue weighted by Gasteiger charge is -2.40.